The van der Waals surface area contributed by atoms with Crippen LogP contribution in [0.3, 0.4) is 0 Å². The summed E-state index contributed by atoms with van der Waals surface area (Å²) >= 11 is 0. The van der Waals surface area contributed by atoms with Gasteiger partial charge in [0.25, 0.3) is 0 Å². The first kappa shape index (κ1) is 65.1. The number of para-hydroxylation sites is 5. The topological polar surface area (TPSA) is 125 Å². The van der Waals surface area contributed by atoms with E-state index in [1.807, 2.05) is 126 Å². The SMILES string of the molecule is [Ir].[Ir].[Ir].[Ir].[Ir].[c-]1c2ccccc2cc2ccn3c4ccccc4nc3c12.[c-]1ccc2occc3cn4ccnc4c1c32.[c-]1cccc2cc3ccc4cccc5nc(c12)n3c45.[c-]1cccc2cc3cnc4cccc5nc(c12)n3c45.[c-]1cccc2cc3ncc4cccc5nc(c12)n3c45. The van der Waals surface area contributed by atoms with Gasteiger partial charge in [0.05, 0.1) is 95.9 Å². The first-order valence-corrected chi connectivity index (χ1v) is 30.8. The van der Waals surface area contributed by atoms with Gasteiger partial charge in [-0.2, -0.15) is 0 Å². The monoisotopic (exact) mass is 2160 g/mol. The maximum Gasteiger partial charge on any atom is 0.121 e. The van der Waals surface area contributed by atoms with Crippen LogP contribution in [0.1, 0.15) is 0 Å². The molecule has 5 radical (unpaired) electrons. The summed E-state index contributed by atoms with van der Waals surface area (Å²) in [6.45, 7) is 0. The minimum atomic E-state index is 0. The van der Waals surface area contributed by atoms with Crippen molar-refractivity contribution in [3.05, 3.63) is 292 Å². The molecule has 0 atom stereocenters. The molecule has 0 fully saturated rings. The fourth-order valence-electron chi connectivity index (χ4n) is 13.9. The molecule has 24 aromatic rings. The summed E-state index contributed by atoms with van der Waals surface area (Å²) in [6, 6.07) is 90.6. The van der Waals surface area contributed by atoms with Gasteiger partial charge in [-0.25, -0.2) is 4.98 Å². The van der Waals surface area contributed by atoms with Crippen molar-refractivity contribution in [2.75, 3.05) is 0 Å². The Morgan fingerprint density at radius 3 is 1.71 bits per heavy atom. The van der Waals surface area contributed by atoms with Gasteiger partial charge < -0.3 is 26.4 Å². The van der Waals surface area contributed by atoms with Gasteiger partial charge in [0, 0.05) is 141 Å². The molecule has 24 rings (SSSR count). The maximum atomic E-state index is 5.48. The zero-order valence-electron chi connectivity index (χ0n) is 51.3. The van der Waals surface area contributed by atoms with E-state index >= 15 is 0 Å². The Balaban J connectivity index is 0.0000000997. The van der Waals surface area contributed by atoms with Gasteiger partial charge in [-0.05, 0) is 66.3 Å². The Morgan fingerprint density at radius 1 is 0.354 bits per heavy atom. The zero-order valence-corrected chi connectivity index (χ0v) is 63.2. The number of hydrogen-bond donors (Lipinski definition) is 0. The van der Waals surface area contributed by atoms with Gasteiger partial charge in [0.15, 0.2) is 0 Å². The molecule has 0 saturated heterocycles. The third kappa shape index (κ3) is 10.5. The molecular weight excluding hydrogens is 2120 g/mol. The van der Waals surface area contributed by atoms with Gasteiger partial charge in [0.2, 0.25) is 0 Å². The minimum Gasteiger partial charge on any atom is -0.484 e. The summed E-state index contributed by atoms with van der Waals surface area (Å²) in [7, 11) is 0. The van der Waals surface area contributed by atoms with Gasteiger partial charge in [-0.15, -0.1) is 141 Å². The summed E-state index contributed by atoms with van der Waals surface area (Å²) in [5.41, 5.74) is 18.5. The van der Waals surface area contributed by atoms with Crippen LogP contribution in [0.2, 0.25) is 0 Å². The zero-order chi connectivity index (χ0) is 61.5. The molecule has 0 aliphatic rings. The van der Waals surface area contributed by atoms with Gasteiger partial charge in [-0.1, -0.05) is 124 Å². The molecule has 0 aliphatic heterocycles. The van der Waals surface area contributed by atoms with Gasteiger partial charge in [0.1, 0.15) is 5.65 Å². The van der Waals surface area contributed by atoms with E-state index in [-0.39, 0.29) is 101 Å². The number of fused-ring (bicyclic) bond motifs is 14. The summed E-state index contributed by atoms with van der Waals surface area (Å²) in [5, 5.41) is 16.8. The van der Waals surface area contributed by atoms with Crippen LogP contribution in [-0.4, -0.2) is 56.9 Å². The number of aromatic nitrogens is 12. The van der Waals surface area contributed by atoms with Crippen LogP contribution in [0.5, 0.6) is 0 Å². The summed E-state index contributed by atoms with van der Waals surface area (Å²) in [4.78, 5) is 32.5. The minimum absolute atomic E-state index is 0. The van der Waals surface area contributed by atoms with Crippen molar-refractivity contribution in [2.45, 2.75) is 0 Å². The maximum absolute atomic E-state index is 5.48. The molecule has 0 N–H and O–H groups in total. The molecular formula is C81H43Ir5N12O-5. The molecule has 0 spiro atoms. The third-order valence-electron chi connectivity index (χ3n) is 18.1. The molecule has 13 nitrogen and oxygen atoms in total. The molecule has 99 heavy (non-hydrogen) atoms. The first-order valence-electron chi connectivity index (χ1n) is 30.8. The van der Waals surface area contributed by atoms with Crippen molar-refractivity contribution in [3.8, 4) is 0 Å². The predicted octanol–water partition coefficient (Wildman–Crippen LogP) is 18.5. The molecule has 14 aromatic heterocycles. The number of benzene rings is 10. The molecule has 14 heterocycles. The third-order valence-corrected chi connectivity index (χ3v) is 18.1. The first-order chi connectivity index (χ1) is 46.6. The summed E-state index contributed by atoms with van der Waals surface area (Å²) < 4.78 is 16.2. The van der Waals surface area contributed by atoms with Gasteiger partial charge in [-0.3, -0.25) is 29.9 Å². The number of hydrogen-bond acceptors (Lipinski definition) is 8. The molecule has 0 aliphatic carbocycles. The molecule has 0 unspecified atom stereocenters. The van der Waals surface area contributed by atoms with Crippen molar-refractivity contribution in [1.29, 1.82) is 0 Å². The van der Waals surface area contributed by atoms with Crippen LogP contribution >= 0.6 is 0 Å². The fraction of sp³-hybridized carbons (Fsp3) is 0. The van der Waals surface area contributed by atoms with Crippen LogP contribution < -0.4 is 0 Å². The normalized spacial score (nSPS) is 11.4. The van der Waals surface area contributed by atoms with E-state index in [1.165, 1.54) is 32.6 Å². The number of imidazole rings is 5. The predicted molar refractivity (Wildman–Crippen MR) is 377 cm³/mol. The molecule has 0 bridgehead atoms. The van der Waals surface area contributed by atoms with Crippen LogP contribution in [0.15, 0.2) is 266 Å². The molecule has 0 saturated carbocycles. The second-order valence-electron chi connectivity index (χ2n) is 23.4. The van der Waals surface area contributed by atoms with E-state index in [4.69, 9.17) is 24.4 Å². The van der Waals surface area contributed by atoms with E-state index in [9.17, 15) is 0 Å². The summed E-state index contributed by atoms with van der Waals surface area (Å²) in [5.74, 6) is 0. The second-order valence-corrected chi connectivity index (χ2v) is 23.4. The second kappa shape index (κ2) is 26.1. The van der Waals surface area contributed by atoms with Crippen LogP contribution in [0.4, 0.5) is 0 Å². The van der Waals surface area contributed by atoms with Crippen LogP contribution in [0, 0.1) is 30.3 Å². The Hall–Kier alpha value is -9.88. The molecule has 10 aromatic carbocycles. The van der Waals surface area contributed by atoms with Crippen molar-refractivity contribution in [2.24, 2.45) is 0 Å². The van der Waals surface area contributed by atoms with E-state index in [2.05, 4.69) is 191 Å². The summed E-state index contributed by atoms with van der Waals surface area (Å²) in [6.07, 6.45) is 13.4. The fourth-order valence-corrected chi connectivity index (χ4v) is 13.9. The Kier molecular flexibility index (Phi) is 17.1. The van der Waals surface area contributed by atoms with E-state index in [0.717, 1.165) is 148 Å². The number of pyridine rings is 6. The average Bonchev–Trinajstić information content (AvgIpc) is 1.61. The standard InChI is InChI=1S/C19H11N2.C17H9N2.2C16H8N3.C13H7N2O.5Ir/c1-2-6-14-12-16-15(11-13(14)5-1)9-10-21-18-8-4-3-7-17(18)20-19(16)21;1-2-6-14-12(4-1)10-13-9-8-11-5-3-7-15-16(11)19(13)17(14)18-15;1-2-6-12-10(4-1)8-14-17-9-11-5-3-7-13-15(11)19(14)16(12)18-13;1-2-5-12-10(4-1)8-11-9-17-13-6-3-7-14-15(13)19(11)16(12)18-14;1-2-10-12-9(4-7-16-11(12)3-1)8-15-6-5-14-13(10)15;;;;;/h1-11H;1-5,7-10H;1-5,7-9H;1-4,6-9H;1,3-8H;;;;;/q5*-1;;;;;. The van der Waals surface area contributed by atoms with Crippen molar-refractivity contribution < 1.29 is 105 Å². The average molecular weight is 2160 g/mol. The van der Waals surface area contributed by atoms with Crippen molar-refractivity contribution in [3.63, 3.8) is 0 Å². The Morgan fingerprint density at radius 2 is 0.939 bits per heavy atom. The molecule has 0 amide bonds. The smallest absolute Gasteiger partial charge is 0.121 e. The molecule has 483 valence electrons. The Bertz CT molecular complexity index is 6700. The Labute approximate surface area is 628 Å². The van der Waals surface area contributed by atoms with E-state index in [0.29, 0.717) is 0 Å². The number of rotatable bonds is 0. The van der Waals surface area contributed by atoms with Crippen molar-refractivity contribution >= 4 is 181 Å². The van der Waals surface area contributed by atoms with Crippen LogP contribution in [0.25, 0.3) is 181 Å². The molecule has 18 heteroatoms. The van der Waals surface area contributed by atoms with E-state index in [1.54, 1.807) is 12.5 Å². The van der Waals surface area contributed by atoms with E-state index < -0.39 is 0 Å². The quantitative estimate of drug-likeness (QED) is 0.0835. The van der Waals surface area contributed by atoms with Crippen molar-refractivity contribution in [1.82, 2.24) is 56.9 Å². The largest absolute Gasteiger partial charge is 0.484 e. The van der Waals surface area contributed by atoms with Gasteiger partial charge >= 0.3 is 0 Å². The van der Waals surface area contributed by atoms with Crippen LogP contribution in [-0.2, 0) is 101 Å². The number of nitrogens with zero attached hydrogens (tertiary/aromatic N) is 12.